The van der Waals surface area contributed by atoms with Crippen LogP contribution in [0.25, 0.3) is 0 Å². The largest absolute Gasteiger partial charge is 0.376 e. The van der Waals surface area contributed by atoms with Gasteiger partial charge in [-0.15, -0.1) is 0 Å². The zero-order valence-electron chi connectivity index (χ0n) is 5.09. The van der Waals surface area contributed by atoms with E-state index in [9.17, 15) is 0 Å². The molecule has 0 aliphatic rings. The van der Waals surface area contributed by atoms with E-state index in [1.165, 1.54) is 0 Å². The highest BCUT2D eigenvalue weighted by molar-refractivity contribution is 4.80. The first-order valence-electron chi connectivity index (χ1n) is 2.64. The van der Waals surface area contributed by atoms with Crippen molar-refractivity contribution in [2.24, 2.45) is 11.5 Å². The molecular weight excluding hydrogens is 102 g/mol. The molecule has 0 fully saturated rings. The van der Waals surface area contributed by atoms with Crippen LogP contribution >= 0.6 is 0 Å². The molecule has 3 nitrogen and oxygen atoms in total. The first-order valence-corrected chi connectivity index (χ1v) is 2.64. The molecule has 3 heteroatoms. The molecule has 0 aliphatic carbocycles. The van der Waals surface area contributed by atoms with E-state index in [0.29, 0.717) is 6.54 Å². The lowest BCUT2D eigenvalue weighted by molar-refractivity contribution is 0.669. The Morgan fingerprint density at radius 2 is 2.38 bits per heavy atom. The summed E-state index contributed by atoms with van der Waals surface area (Å²) in [6.45, 7) is 2.42. The van der Waals surface area contributed by atoms with Crippen LogP contribution in [0.4, 0.5) is 0 Å². The molecule has 48 valence electrons. The summed E-state index contributed by atoms with van der Waals surface area (Å²) in [7, 11) is 0. The Morgan fingerprint density at radius 3 is 2.75 bits per heavy atom. The van der Waals surface area contributed by atoms with Gasteiger partial charge in [0.25, 0.3) is 0 Å². The second-order valence-electron chi connectivity index (χ2n) is 1.59. The summed E-state index contributed by atoms with van der Waals surface area (Å²) < 4.78 is 0. The van der Waals surface area contributed by atoms with Crippen LogP contribution in [-0.2, 0) is 0 Å². The van der Waals surface area contributed by atoms with Crippen LogP contribution in [0.3, 0.4) is 0 Å². The minimum absolute atomic E-state index is 0.0119. The van der Waals surface area contributed by atoms with Gasteiger partial charge in [-0.05, 0) is 13.1 Å². The topological polar surface area (TPSA) is 64.1 Å². The van der Waals surface area contributed by atoms with Crippen LogP contribution in [0, 0.1) is 0 Å². The average molecular weight is 115 g/mol. The van der Waals surface area contributed by atoms with Crippen molar-refractivity contribution in [2.75, 3.05) is 6.54 Å². The smallest absolute Gasteiger partial charge is 0.0709 e. The maximum atomic E-state index is 5.33. The highest BCUT2D eigenvalue weighted by Gasteiger charge is 1.80. The Bertz CT molecular complexity index is 68.1. The standard InChI is InChI=1S/C5H13N3/c1-5(7)8-4-2-3-6/h2,4-5,8H,3,6-7H2,1H3. The minimum Gasteiger partial charge on any atom is -0.376 e. The van der Waals surface area contributed by atoms with Crippen molar-refractivity contribution in [2.45, 2.75) is 13.1 Å². The zero-order valence-corrected chi connectivity index (χ0v) is 5.09. The van der Waals surface area contributed by atoms with Gasteiger partial charge in [0.05, 0.1) is 6.17 Å². The lowest BCUT2D eigenvalue weighted by Crippen LogP contribution is -2.29. The number of nitrogens with one attached hydrogen (secondary N) is 1. The Hall–Kier alpha value is -0.540. The number of rotatable bonds is 3. The quantitative estimate of drug-likeness (QED) is 0.428. The molecule has 0 saturated heterocycles. The van der Waals surface area contributed by atoms with Gasteiger partial charge in [0.15, 0.2) is 0 Å². The number of hydrogen-bond donors (Lipinski definition) is 3. The van der Waals surface area contributed by atoms with Gasteiger partial charge in [-0.25, -0.2) is 0 Å². The fourth-order valence-electron chi connectivity index (χ4n) is 0.288. The highest BCUT2D eigenvalue weighted by atomic mass is 15.0. The van der Waals surface area contributed by atoms with Gasteiger partial charge in [-0.2, -0.15) is 0 Å². The average Bonchev–Trinajstić information content (AvgIpc) is 1.66. The van der Waals surface area contributed by atoms with Crippen molar-refractivity contribution < 1.29 is 0 Å². The van der Waals surface area contributed by atoms with Crippen LogP contribution in [0.1, 0.15) is 6.92 Å². The van der Waals surface area contributed by atoms with E-state index in [4.69, 9.17) is 11.5 Å². The summed E-state index contributed by atoms with van der Waals surface area (Å²) >= 11 is 0. The van der Waals surface area contributed by atoms with Crippen LogP contribution < -0.4 is 16.8 Å². The van der Waals surface area contributed by atoms with E-state index in [1.807, 2.05) is 13.0 Å². The third-order valence-electron chi connectivity index (χ3n) is 0.613. The maximum absolute atomic E-state index is 5.33. The molecular formula is C5H13N3. The second-order valence-corrected chi connectivity index (χ2v) is 1.59. The first kappa shape index (κ1) is 7.46. The van der Waals surface area contributed by atoms with Gasteiger partial charge in [0.1, 0.15) is 0 Å². The van der Waals surface area contributed by atoms with Gasteiger partial charge in [0, 0.05) is 6.54 Å². The van der Waals surface area contributed by atoms with Gasteiger partial charge in [-0.1, -0.05) is 6.08 Å². The Labute approximate surface area is 49.7 Å². The second kappa shape index (κ2) is 4.61. The molecule has 0 rings (SSSR count). The molecule has 0 radical (unpaired) electrons. The normalized spacial score (nSPS) is 14.4. The van der Waals surface area contributed by atoms with Crippen molar-refractivity contribution in [3.8, 4) is 0 Å². The summed E-state index contributed by atoms with van der Waals surface area (Å²) in [5.41, 5.74) is 10.5. The lowest BCUT2D eigenvalue weighted by Gasteiger charge is -2.01. The molecule has 0 saturated carbocycles. The molecule has 0 bridgehead atoms. The van der Waals surface area contributed by atoms with Crippen molar-refractivity contribution in [1.29, 1.82) is 0 Å². The molecule has 0 aromatic carbocycles. The lowest BCUT2D eigenvalue weighted by atomic mass is 10.5. The molecule has 1 atom stereocenters. The summed E-state index contributed by atoms with van der Waals surface area (Å²) in [6, 6.07) is 0. The molecule has 0 aromatic heterocycles. The van der Waals surface area contributed by atoms with Gasteiger partial charge in [-0.3, -0.25) is 0 Å². The van der Waals surface area contributed by atoms with E-state index in [2.05, 4.69) is 5.32 Å². The van der Waals surface area contributed by atoms with Crippen LogP contribution in [0.2, 0.25) is 0 Å². The predicted octanol–water partition coefficient (Wildman–Crippen LogP) is -0.647. The summed E-state index contributed by atoms with van der Waals surface area (Å²) in [4.78, 5) is 0. The third-order valence-corrected chi connectivity index (χ3v) is 0.613. The van der Waals surface area contributed by atoms with E-state index in [-0.39, 0.29) is 6.17 Å². The van der Waals surface area contributed by atoms with E-state index in [1.54, 1.807) is 6.20 Å². The molecule has 0 amide bonds. The summed E-state index contributed by atoms with van der Waals surface area (Å²) in [5.74, 6) is 0. The van der Waals surface area contributed by atoms with E-state index < -0.39 is 0 Å². The summed E-state index contributed by atoms with van der Waals surface area (Å²) in [5, 5.41) is 2.86. The Balaban J connectivity index is 3.03. The maximum Gasteiger partial charge on any atom is 0.0709 e. The monoisotopic (exact) mass is 115 g/mol. The van der Waals surface area contributed by atoms with Crippen LogP contribution in [-0.4, -0.2) is 12.7 Å². The van der Waals surface area contributed by atoms with Crippen molar-refractivity contribution in [1.82, 2.24) is 5.32 Å². The Morgan fingerprint density at radius 1 is 1.75 bits per heavy atom. The van der Waals surface area contributed by atoms with Crippen molar-refractivity contribution >= 4 is 0 Å². The van der Waals surface area contributed by atoms with Crippen LogP contribution in [0.15, 0.2) is 12.3 Å². The fourth-order valence-corrected chi connectivity index (χ4v) is 0.288. The predicted molar refractivity (Wildman–Crippen MR) is 35.0 cm³/mol. The van der Waals surface area contributed by atoms with Gasteiger partial charge < -0.3 is 16.8 Å². The molecule has 1 unspecified atom stereocenters. The molecule has 8 heavy (non-hydrogen) atoms. The van der Waals surface area contributed by atoms with Crippen molar-refractivity contribution in [3.63, 3.8) is 0 Å². The molecule has 0 aliphatic heterocycles. The summed E-state index contributed by atoms with van der Waals surface area (Å²) in [6.07, 6.45) is 3.58. The molecule has 5 N–H and O–H groups in total. The first-order chi connectivity index (χ1) is 3.77. The van der Waals surface area contributed by atoms with Crippen molar-refractivity contribution in [3.05, 3.63) is 12.3 Å². The van der Waals surface area contributed by atoms with Gasteiger partial charge >= 0.3 is 0 Å². The fraction of sp³-hybridized carbons (Fsp3) is 0.600. The van der Waals surface area contributed by atoms with Gasteiger partial charge in [0.2, 0.25) is 0 Å². The molecule has 0 heterocycles. The Kier molecular flexibility index (Phi) is 4.30. The van der Waals surface area contributed by atoms with E-state index in [0.717, 1.165) is 0 Å². The minimum atomic E-state index is 0.0119. The molecule has 0 spiro atoms. The molecule has 0 aromatic rings. The highest BCUT2D eigenvalue weighted by Crippen LogP contribution is 1.65. The number of nitrogens with two attached hydrogens (primary N) is 2. The SMILES string of the molecule is CC(N)NC=CCN. The third kappa shape index (κ3) is 5.46. The number of hydrogen-bond acceptors (Lipinski definition) is 3. The van der Waals surface area contributed by atoms with Crippen LogP contribution in [0.5, 0.6) is 0 Å². The van der Waals surface area contributed by atoms with E-state index >= 15 is 0 Å². The zero-order chi connectivity index (χ0) is 6.41.